The molecule has 0 unspecified atom stereocenters. The lowest BCUT2D eigenvalue weighted by molar-refractivity contribution is -0.137. The summed E-state index contributed by atoms with van der Waals surface area (Å²) in [5.74, 6) is 0. The van der Waals surface area contributed by atoms with E-state index in [9.17, 15) is 13.2 Å². The van der Waals surface area contributed by atoms with E-state index in [0.29, 0.717) is 19.4 Å². The van der Waals surface area contributed by atoms with Gasteiger partial charge in [0.05, 0.1) is 11.6 Å². The van der Waals surface area contributed by atoms with E-state index in [2.05, 4.69) is 5.32 Å². The molecule has 0 aliphatic heterocycles. The fourth-order valence-electron chi connectivity index (χ4n) is 1.70. The van der Waals surface area contributed by atoms with Gasteiger partial charge in [0.1, 0.15) is 0 Å². The molecule has 0 amide bonds. The third-order valence-electron chi connectivity index (χ3n) is 2.90. The smallest absolute Gasteiger partial charge is 0.384 e. The number of anilines is 1. The van der Waals surface area contributed by atoms with Crippen molar-refractivity contribution in [2.75, 3.05) is 11.9 Å². The average molecular weight is 270 g/mol. The van der Waals surface area contributed by atoms with E-state index >= 15 is 0 Å². The van der Waals surface area contributed by atoms with Gasteiger partial charge in [-0.1, -0.05) is 26.0 Å². The van der Waals surface area contributed by atoms with Crippen molar-refractivity contribution in [3.05, 3.63) is 29.8 Å². The molecule has 0 radical (unpaired) electrons. The number of rotatable bonds is 5. The molecule has 104 valence electrons. The highest BCUT2D eigenvalue weighted by molar-refractivity contribution is 5.52. The van der Waals surface area contributed by atoms with Gasteiger partial charge in [0.2, 0.25) is 0 Å². The molecule has 0 aliphatic carbocycles. The Morgan fingerprint density at radius 2 is 1.84 bits per heavy atom. The Bertz CT molecular complexity index is 458. The maximum atomic E-state index is 12.8. The number of para-hydroxylation sites is 1. The molecule has 0 aliphatic rings. The van der Waals surface area contributed by atoms with Crippen LogP contribution in [0.4, 0.5) is 18.9 Å². The molecule has 0 aromatic heterocycles. The van der Waals surface area contributed by atoms with E-state index < -0.39 is 11.7 Å². The molecule has 0 fully saturated rings. The molecule has 2 nitrogen and oxygen atoms in total. The molecule has 0 saturated carbocycles. The number of alkyl halides is 3. The summed E-state index contributed by atoms with van der Waals surface area (Å²) in [7, 11) is 0. The summed E-state index contributed by atoms with van der Waals surface area (Å²) in [6.07, 6.45) is -3.32. The topological polar surface area (TPSA) is 35.8 Å². The van der Waals surface area contributed by atoms with Crippen LogP contribution in [0.15, 0.2) is 24.3 Å². The summed E-state index contributed by atoms with van der Waals surface area (Å²) in [6.45, 7) is 4.24. The second-order valence-electron chi connectivity index (χ2n) is 5.22. The predicted octanol–water partition coefficient (Wildman–Crippen LogP) is 4.45. The van der Waals surface area contributed by atoms with Gasteiger partial charge in [0.25, 0.3) is 0 Å². The number of benzene rings is 1. The summed E-state index contributed by atoms with van der Waals surface area (Å²) in [5, 5.41) is 11.4. The third kappa shape index (κ3) is 4.82. The predicted molar refractivity (Wildman–Crippen MR) is 68.6 cm³/mol. The molecule has 1 N–H and O–H groups in total. The maximum absolute atomic E-state index is 12.8. The maximum Gasteiger partial charge on any atom is 0.418 e. The summed E-state index contributed by atoms with van der Waals surface area (Å²) >= 11 is 0. The molecular formula is C14H17F3N2. The van der Waals surface area contributed by atoms with Gasteiger partial charge >= 0.3 is 6.18 Å². The molecule has 0 bridgehead atoms. The SMILES string of the molecule is CC(C)(CCC#N)CNc1ccccc1C(F)(F)F. The van der Waals surface area contributed by atoms with Gasteiger partial charge in [-0.25, -0.2) is 0 Å². The molecule has 19 heavy (non-hydrogen) atoms. The van der Waals surface area contributed by atoms with Crippen molar-refractivity contribution in [2.24, 2.45) is 5.41 Å². The first-order valence-corrected chi connectivity index (χ1v) is 6.03. The minimum absolute atomic E-state index is 0.0834. The lowest BCUT2D eigenvalue weighted by Gasteiger charge is -2.25. The van der Waals surface area contributed by atoms with Crippen LogP contribution in [-0.2, 0) is 6.18 Å². The van der Waals surface area contributed by atoms with Crippen molar-refractivity contribution in [3.8, 4) is 6.07 Å². The van der Waals surface area contributed by atoms with E-state index in [-0.39, 0.29) is 11.1 Å². The van der Waals surface area contributed by atoms with Crippen LogP contribution in [0.25, 0.3) is 0 Å². The largest absolute Gasteiger partial charge is 0.418 e. The Balaban J connectivity index is 2.76. The lowest BCUT2D eigenvalue weighted by Crippen LogP contribution is -2.24. The first kappa shape index (κ1) is 15.4. The first-order chi connectivity index (χ1) is 8.76. The van der Waals surface area contributed by atoms with E-state index in [4.69, 9.17) is 5.26 Å². The van der Waals surface area contributed by atoms with Gasteiger partial charge in [0, 0.05) is 18.7 Å². The fourth-order valence-corrected chi connectivity index (χ4v) is 1.70. The highest BCUT2D eigenvalue weighted by Gasteiger charge is 2.33. The summed E-state index contributed by atoms with van der Waals surface area (Å²) in [6, 6.07) is 7.47. The summed E-state index contributed by atoms with van der Waals surface area (Å²) < 4.78 is 38.4. The quantitative estimate of drug-likeness (QED) is 0.858. The first-order valence-electron chi connectivity index (χ1n) is 6.03. The van der Waals surface area contributed by atoms with Gasteiger partial charge in [-0.2, -0.15) is 18.4 Å². The van der Waals surface area contributed by atoms with Crippen LogP contribution >= 0.6 is 0 Å². The number of hydrogen-bond acceptors (Lipinski definition) is 2. The highest BCUT2D eigenvalue weighted by atomic mass is 19.4. The van der Waals surface area contributed by atoms with Crippen molar-refractivity contribution in [1.82, 2.24) is 0 Å². The second kappa shape index (κ2) is 5.96. The molecule has 1 aromatic carbocycles. The molecule has 0 heterocycles. The number of hydrogen-bond donors (Lipinski definition) is 1. The number of nitrogens with zero attached hydrogens (tertiary/aromatic N) is 1. The molecular weight excluding hydrogens is 253 g/mol. The molecule has 0 saturated heterocycles. The monoisotopic (exact) mass is 270 g/mol. The number of halogens is 3. The molecule has 0 spiro atoms. The number of nitrogens with one attached hydrogen (secondary N) is 1. The Morgan fingerprint density at radius 1 is 1.21 bits per heavy atom. The van der Waals surface area contributed by atoms with Gasteiger partial charge in [-0.15, -0.1) is 0 Å². The Kier molecular flexibility index (Phi) is 4.82. The Morgan fingerprint density at radius 3 is 2.42 bits per heavy atom. The van der Waals surface area contributed by atoms with E-state index in [0.717, 1.165) is 6.07 Å². The van der Waals surface area contributed by atoms with Crippen molar-refractivity contribution in [2.45, 2.75) is 32.9 Å². The summed E-state index contributed by atoms with van der Waals surface area (Å²) in [5.41, 5.74) is -0.805. The Hall–Kier alpha value is -1.70. The standard InChI is InChI=1S/C14H17F3N2/c1-13(2,8-5-9-18)10-19-12-7-4-3-6-11(12)14(15,16)17/h3-4,6-7,19H,5,8,10H2,1-2H3. The normalized spacial score (nSPS) is 12.0. The van der Waals surface area contributed by atoms with Crippen molar-refractivity contribution in [1.29, 1.82) is 5.26 Å². The van der Waals surface area contributed by atoms with Crippen molar-refractivity contribution >= 4 is 5.69 Å². The molecule has 0 atom stereocenters. The average Bonchev–Trinajstić information content (AvgIpc) is 2.33. The zero-order valence-corrected chi connectivity index (χ0v) is 11.0. The van der Waals surface area contributed by atoms with E-state index in [1.807, 2.05) is 19.9 Å². The zero-order valence-electron chi connectivity index (χ0n) is 11.0. The number of nitriles is 1. The van der Waals surface area contributed by atoms with Gasteiger partial charge in [0.15, 0.2) is 0 Å². The van der Waals surface area contributed by atoms with Crippen molar-refractivity contribution < 1.29 is 13.2 Å². The van der Waals surface area contributed by atoms with Crippen LogP contribution in [0.2, 0.25) is 0 Å². The third-order valence-corrected chi connectivity index (χ3v) is 2.90. The highest BCUT2D eigenvalue weighted by Crippen LogP contribution is 2.35. The van der Waals surface area contributed by atoms with Crippen LogP contribution < -0.4 is 5.32 Å². The van der Waals surface area contributed by atoms with Crippen LogP contribution in [0.3, 0.4) is 0 Å². The van der Waals surface area contributed by atoms with Gasteiger partial charge < -0.3 is 5.32 Å². The minimum atomic E-state index is -4.36. The molecule has 1 rings (SSSR count). The Labute approximate surface area is 111 Å². The van der Waals surface area contributed by atoms with Gasteiger partial charge in [-0.3, -0.25) is 0 Å². The van der Waals surface area contributed by atoms with Gasteiger partial charge in [-0.05, 0) is 24.0 Å². The molecule has 1 aromatic rings. The van der Waals surface area contributed by atoms with Crippen LogP contribution in [0.5, 0.6) is 0 Å². The van der Waals surface area contributed by atoms with Crippen LogP contribution in [0.1, 0.15) is 32.3 Å². The van der Waals surface area contributed by atoms with Crippen molar-refractivity contribution in [3.63, 3.8) is 0 Å². The van der Waals surface area contributed by atoms with E-state index in [1.54, 1.807) is 6.07 Å². The van der Waals surface area contributed by atoms with E-state index in [1.165, 1.54) is 12.1 Å². The zero-order chi connectivity index (χ0) is 14.5. The van der Waals surface area contributed by atoms with Crippen LogP contribution in [-0.4, -0.2) is 6.54 Å². The summed E-state index contributed by atoms with van der Waals surface area (Å²) in [4.78, 5) is 0. The minimum Gasteiger partial charge on any atom is -0.384 e. The second-order valence-corrected chi connectivity index (χ2v) is 5.22. The van der Waals surface area contributed by atoms with Crippen LogP contribution in [0, 0.1) is 16.7 Å². The lowest BCUT2D eigenvalue weighted by atomic mass is 9.88. The molecule has 5 heteroatoms. The fraction of sp³-hybridized carbons (Fsp3) is 0.500.